The molecule has 22 heavy (non-hydrogen) atoms. The zero-order valence-corrected chi connectivity index (χ0v) is 13.2. The number of aromatic nitrogens is 1. The number of fused-ring (bicyclic) bond motifs is 1. The molecular formula is C15H21N3O4. The van der Waals surface area contributed by atoms with Crippen LogP contribution in [-0.4, -0.2) is 35.1 Å². The number of rotatable bonds is 4. The third kappa shape index (κ3) is 2.98. The fourth-order valence-corrected chi connectivity index (χ4v) is 2.25. The fourth-order valence-electron chi connectivity index (χ4n) is 2.25. The quantitative estimate of drug-likeness (QED) is 0.847. The SMILES string of the molecule is CCC1Oc2ccc(N)nc2N(C(C)C(=O)OC(C)C)C1=O. The highest BCUT2D eigenvalue weighted by molar-refractivity contribution is 6.03. The van der Waals surface area contributed by atoms with Gasteiger partial charge in [-0.1, -0.05) is 6.92 Å². The van der Waals surface area contributed by atoms with Crippen molar-refractivity contribution in [3.63, 3.8) is 0 Å². The van der Waals surface area contributed by atoms with Crippen LogP contribution in [0.1, 0.15) is 34.1 Å². The molecule has 0 saturated heterocycles. The van der Waals surface area contributed by atoms with Gasteiger partial charge in [-0.3, -0.25) is 9.69 Å². The maximum Gasteiger partial charge on any atom is 0.329 e. The average Bonchev–Trinajstić information content (AvgIpc) is 2.45. The van der Waals surface area contributed by atoms with Gasteiger partial charge in [0.25, 0.3) is 5.91 Å². The highest BCUT2D eigenvalue weighted by Gasteiger charge is 2.40. The first-order valence-electron chi connectivity index (χ1n) is 7.31. The summed E-state index contributed by atoms with van der Waals surface area (Å²) in [5.74, 6) is 0.129. The van der Waals surface area contributed by atoms with Gasteiger partial charge in [0.2, 0.25) is 0 Å². The highest BCUT2D eigenvalue weighted by atomic mass is 16.5. The molecule has 1 aliphatic rings. The van der Waals surface area contributed by atoms with Gasteiger partial charge < -0.3 is 15.2 Å². The lowest BCUT2D eigenvalue weighted by Crippen LogP contribution is -2.53. The predicted octanol–water partition coefficient (Wildman–Crippen LogP) is 1.51. The molecule has 0 saturated carbocycles. The number of pyridine rings is 1. The third-order valence-electron chi connectivity index (χ3n) is 3.32. The number of ether oxygens (including phenoxy) is 2. The lowest BCUT2D eigenvalue weighted by atomic mass is 10.1. The van der Waals surface area contributed by atoms with E-state index in [9.17, 15) is 9.59 Å². The van der Waals surface area contributed by atoms with Crippen LogP contribution in [0, 0.1) is 0 Å². The Balaban J connectivity index is 2.41. The van der Waals surface area contributed by atoms with Crippen molar-refractivity contribution in [2.24, 2.45) is 0 Å². The van der Waals surface area contributed by atoms with Crippen molar-refractivity contribution in [2.45, 2.75) is 52.4 Å². The van der Waals surface area contributed by atoms with Crippen LogP contribution in [0.3, 0.4) is 0 Å². The molecule has 1 aromatic heterocycles. The maximum absolute atomic E-state index is 12.6. The Kier molecular flexibility index (Phi) is 4.54. The minimum absolute atomic E-state index is 0.250. The lowest BCUT2D eigenvalue weighted by Gasteiger charge is -2.35. The minimum Gasteiger partial charge on any atom is -0.477 e. The Labute approximate surface area is 129 Å². The second-order valence-corrected chi connectivity index (χ2v) is 5.44. The molecule has 2 N–H and O–H groups in total. The summed E-state index contributed by atoms with van der Waals surface area (Å²) in [4.78, 5) is 30.2. The molecule has 0 fully saturated rings. The van der Waals surface area contributed by atoms with Gasteiger partial charge in [0.15, 0.2) is 17.7 Å². The molecule has 0 aromatic carbocycles. The van der Waals surface area contributed by atoms with E-state index in [0.29, 0.717) is 12.2 Å². The van der Waals surface area contributed by atoms with E-state index in [1.165, 1.54) is 4.90 Å². The Morgan fingerprint density at radius 2 is 2.14 bits per heavy atom. The molecule has 1 amide bonds. The van der Waals surface area contributed by atoms with Gasteiger partial charge in [0, 0.05) is 0 Å². The Morgan fingerprint density at radius 3 is 2.73 bits per heavy atom. The number of nitrogens with two attached hydrogens (primary N) is 1. The van der Waals surface area contributed by atoms with E-state index in [1.54, 1.807) is 32.9 Å². The number of amides is 1. The first-order chi connectivity index (χ1) is 10.3. The summed E-state index contributed by atoms with van der Waals surface area (Å²) in [7, 11) is 0. The number of esters is 1. The van der Waals surface area contributed by atoms with Crippen LogP contribution >= 0.6 is 0 Å². The van der Waals surface area contributed by atoms with Gasteiger partial charge in [0.1, 0.15) is 11.9 Å². The molecule has 0 radical (unpaired) electrons. The largest absolute Gasteiger partial charge is 0.477 e. The Morgan fingerprint density at radius 1 is 1.45 bits per heavy atom. The van der Waals surface area contributed by atoms with Crippen molar-refractivity contribution < 1.29 is 19.1 Å². The second-order valence-electron chi connectivity index (χ2n) is 5.44. The van der Waals surface area contributed by atoms with Crippen molar-refractivity contribution >= 4 is 23.5 Å². The molecule has 0 aliphatic carbocycles. The number of hydrogen-bond donors (Lipinski definition) is 1. The van der Waals surface area contributed by atoms with Crippen molar-refractivity contribution in [2.75, 3.05) is 10.6 Å². The number of anilines is 2. The van der Waals surface area contributed by atoms with E-state index in [1.807, 2.05) is 6.92 Å². The average molecular weight is 307 g/mol. The predicted molar refractivity (Wildman–Crippen MR) is 81.5 cm³/mol. The molecular weight excluding hydrogens is 286 g/mol. The highest BCUT2D eigenvalue weighted by Crippen LogP contribution is 2.35. The maximum atomic E-state index is 12.6. The van der Waals surface area contributed by atoms with Gasteiger partial charge in [-0.2, -0.15) is 0 Å². The fraction of sp³-hybridized carbons (Fsp3) is 0.533. The molecule has 1 aromatic rings. The zero-order valence-electron chi connectivity index (χ0n) is 13.2. The number of carbonyl (C=O) groups excluding carboxylic acids is 2. The standard InChI is InChI=1S/C15H21N3O4/c1-5-10-14(19)18(9(4)15(20)21-8(2)3)13-11(22-10)6-7-12(16)17-13/h6-10H,5H2,1-4H3,(H2,16,17). The number of nitrogen functional groups attached to an aromatic ring is 1. The molecule has 0 spiro atoms. The molecule has 0 bridgehead atoms. The first kappa shape index (κ1) is 16.1. The van der Waals surface area contributed by atoms with Crippen LogP contribution in [-0.2, 0) is 14.3 Å². The van der Waals surface area contributed by atoms with E-state index in [0.717, 1.165) is 0 Å². The summed E-state index contributed by atoms with van der Waals surface area (Å²) >= 11 is 0. The minimum atomic E-state index is -0.805. The normalized spacial score (nSPS) is 18.7. The second kappa shape index (κ2) is 6.21. The zero-order chi connectivity index (χ0) is 16.4. The van der Waals surface area contributed by atoms with Crippen LogP contribution in [0.5, 0.6) is 5.75 Å². The molecule has 2 rings (SSSR count). The molecule has 2 atom stereocenters. The van der Waals surface area contributed by atoms with E-state index in [4.69, 9.17) is 15.2 Å². The Bertz CT molecular complexity index is 588. The van der Waals surface area contributed by atoms with E-state index in [-0.39, 0.29) is 23.6 Å². The van der Waals surface area contributed by atoms with Gasteiger partial charge >= 0.3 is 5.97 Å². The van der Waals surface area contributed by atoms with Crippen LogP contribution in [0.2, 0.25) is 0 Å². The number of nitrogens with zero attached hydrogens (tertiary/aromatic N) is 2. The van der Waals surface area contributed by atoms with Gasteiger partial charge in [-0.05, 0) is 39.3 Å². The van der Waals surface area contributed by atoms with E-state index in [2.05, 4.69) is 4.98 Å². The smallest absolute Gasteiger partial charge is 0.329 e. The van der Waals surface area contributed by atoms with Crippen LogP contribution in [0.25, 0.3) is 0 Å². The molecule has 7 heteroatoms. The topological polar surface area (TPSA) is 94.8 Å². The Hall–Kier alpha value is -2.31. The summed E-state index contributed by atoms with van der Waals surface area (Å²) in [6.45, 7) is 6.96. The molecule has 2 unspecified atom stereocenters. The van der Waals surface area contributed by atoms with Crippen molar-refractivity contribution in [3.05, 3.63) is 12.1 Å². The summed E-state index contributed by atoms with van der Waals surface area (Å²) in [5.41, 5.74) is 5.69. The van der Waals surface area contributed by atoms with E-state index < -0.39 is 18.1 Å². The lowest BCUT2D eigenvalue weighted by molar-refractivity contribution is -0.150. The van der Waals surface area contributed by atoms with Crippen LogP contribution in [0.15, 0.2) is 12.1 Å². The summed E-state index contributed by atoms with van der Waals surface area (Å²) in [6, 6.07) is 2.44. The van der Waals surface area contributed by atoms with Crippen molar-refractivity contribution in [1.82, 2.24) is 4.98 Å². The molecule has 7 nitrogen and oxygen atoms in total. The number of hydrogen-bond acceptors (Lipinski definition) is 6. The van der Waals surface area contributed by atoms with Crippen LogP contribution in [0.4, 0.5) is 11.6 Å². The summed E-state index contributed by atoms with van der Waals surface area (Å²) in [6.07, 6.45) is -0.418. The van der Waals surface area contributed by atoms with E-state index >= 15 is 0 Å². The van der Waals surface area contributed by atoms with Gasteiger partial charge in [-0.25, -0.2) is 9.78 Å². The molecule has 1 aliphatic heterocycles. The van der Waals surface area contributed by atoms with Crippen molar-refractivity contribution in [1.29, 1.82) is 0 Å². The molecule has 120 valence electrons. The first-order valence-corrected chi connectivity index (χ1v) is 7.31. The summed E-state index contributed by atoms with van der Waals surface area (Å²) in [5, 5.41) is 0. The van der Waals surface area contributed by atoms with Gasteiger partial charge in [-0.15, -0.1) is 0 Å². The monoisotopic (exact) mass is 307 g/mol. The van der Waals surface area contributed by atoms with Gasteiger partial charge in [0.05, 0.1) is 6.10 Å². The third-order valence-corrected chi connectivity index (χ3v) is 3.32. The van der Waals surface area contributed by atoms with Crippen molar-refractivity contribution in [3.8, 4) is 5.75 Å². The molecule has 2 heterocycles. The number of carbonyl (C=O) groups is 2. The van der Waals surface area contributed by atoms with Crippen LogP contribution < -0.4 is 15.4 Å². The summed E-state index contributed by atoms with van der Waals surface area (Å²) < 4.78 is 10.8.